The van der Waals surface area contributed by atoms with E-state index in [0.717, 1.165) is 46.5 Å². The Morgan fingerprint density at radius 3 is 2.50 bits per heavy atom. The molecule has 5 nitrogen and oxygen atoms in total. The molecule has 0 amide bonds. The SMILES string of the molecule is CCCCCNCCOc1ccc(Cc2c(OCC(C)O)ccc3cc(O)ccc23)cc1. The Kier molecular flexibility index (Phi) is 9.20. The fourth-order valence-corrected chi connectivity index (χ4v) is 3.66. The third kappa shape index (κ3) is 7.14. The van der Waals surface area contributed by atoms with Crippen LogP contribution in [0, 0.1) is 0 Å². The van der Waals surface area contributed by atoms with Crippen LogP contribution in [0.5, 0.6) is 17.2 Å². The van der Waals surface area contributed by atoms with E-state index >= 15 is 0 Å². The number of hydrogen-bond donors (Lipinski definition) is 3. The number of hydrogen-bond acceptors (Lipinski definition) is 5. The first kappa shape index (κ1) is 23.9. The molecular weight excluding hydrogens is 402 g/mol. The zero-order chi connectivity index (χ0) is 22.8. The van der Waals surface area contributed by atoms with Crippen molar-refractivity contribution >= 4 is 10.8 Å². The van der Waals surface area contributed by atoms with Gasteiger partial charge in [0.1, 0.15) is 30.5 Å². The molecule has 172 valence electrons. The molecule has 5 heteroatoms. The fourth-order valence-electron chi connectivity index (χ4n) is 3.66. The standard InChI is InChI=1S/C27H35NO4/c1-3-4-5-14-28-15-16-31-24-10-6-21(7-11-24)17-26-25-12-9-23(30)18-22(25)8-13-27(26)32-19-20(2)29/h6-13,18,20,28-30H,3-5,14-17,19H2,1-2H3. The molecule has 1 unspecified atom stereocenters. The topological polar surface area (TPSA) is 71.0 Å². The number of aliphatic hydroxyl groups is 1. The number of benzene rings is 3. The van der Waals surface area contributed by atoms with E-state index in [1.807, 2.05) is 30.3 Å². The lowest BCUT2D eigenvalue weighted by atomic mass is 9.97. The number of unbranched alkanes of at least 4 members (excludes halogenated alkanes) is 2. The van der Waals surface area contributed by atoms with Gasteiger partial charge in [0.2, 0.25) is 0 Å². The van der Waals surface area contributed by atoms with Gasteiger partial charge in [-0.25, -0.2) is 0 Å². The van der Waals surface area contributed by atoms with Crippen LogP contribution in [-0.2, 0) is 6.42 Å². The van der Waals surface area contributed by atoms with Gasteiger partial charge in [0.05, 0.1) is 6.10 Å². The van der Waals surface area contributed by atoms with Crippen LogP contribution in [-0.4, -0.2) is 42.6 Å². The van der Waals surface area contributed by atoms with Crippen molar-refractivity contribution < 1.29 is 19.7 Å². The van der Waals surface area contributed by atoms with Gasteiger partial charge >= 0.3 is 0 Å². The third-order valence-corrected chi connectivity index (χ3v) is 5.36. The molecule has 0 saturated heterocycles. The lowest BCUT2D eigenvalue weighted by molar-refractivity contribution is 0.122. The van der Waals surface area contributed by atoms with Gasteiger partial charge in [0.15, 0.2) is 0 Å². The summed E-state index contributed by atoms with van der Waals surface area (Å²) in [7, 11) is 0. The third-order valence-electron chi connectivity index (χ3n) is 5.36. The van der Waals surface area contributed by atoms with Crippen LogP contribution >= 0.6 is 0 Å². The zero-order valence-corrected chi connectivity index (χ0v) is 19.1. The number of nitrogens with one attached hydrogen (secondary N) is 1. The Morgan fingerprint density at radius 2 is 1.75 bits per heavy atom. The van der Waals surface area contributed by atoms with E-state index in [1.165, 1.54) is 19.3 Å². The monoisotopic (exact) mass is 437 g/mol. The van der Waals surface area contributed by atoms with Gasteiger partial charge in [-0.3, -0.25) is 0 Å². The number of rotatable bonds is 13. The maximum atomic E-state index is 9.85. The molecule has 3 aromatic carbocycles. The fraction of sp³-hybridized carbons (Fsp3) is 0.407. The van der Waals surface area contributed by atoms with Crippen molar-refractivity contribution in [1.29, 1.82) is 0 Å². The Hall–Kier alpha value is -2.76. The molecule has 0 radical (unpaired) electrons. The summed E-state index contributed by atoms with van der Waals surface area (Å²) < 4.78 is 11.7. The quantitative estimate of drug-likeness (QED) is 0.326. The summed E-state index contributed by atoms with van der Waals surface area (Å²) in [4.78, 5) is 0. The first-order valence-electron chi connectivity index (χ1n) is 11.5. The van der Waals surface area contributed by atoms with Gasteiger partial charge in [-0.15, -0.1) is 0 Å². The molecule has 3 aromatic rings. The Morgan fingerprint density at radius 1 is 0.938 bits per heavy atom. The predicted octanol–water partition coefficient (Wildman–Crippen LogP) is 5.05. The molecule has 32 heavy (non-hydrogen) atoms. The van der Waals surface area contributed by atoms with Crippen LogP contribution in [0.2, 0.25) is 0 Å². The molecule has 0 aliphatic carbocycles. The second kappa shape index (κ2) is 12.3. The highest BCUT2D eigenvalue weighted by molar-refractivity contribution is 5.89. The highest BCUT2D eigenvalue weighted by Gasteiger charge is 2.12. The minimum Gasteiger partial charge on any atom is -0.508 e. The number of fused-ring (bicyclic) bond motifs is 1. The molecule has 1 atom stereocenters. The molecule has 3 rings (SSSR count). The largest absolute Gasteiger partial charge is 0.508 e. The van der Waals surface area contributed by atoms with Crippen molar-refractivity contribution in [2.45, 2.75) is 45.6 Å². The van der Waals surface area contributed by atoms with E-state index in [0.29, 0.717) is 13.0 Å². The number of ether oxygens (including phenoxy) is 2. The molecule has 0 heterocycles. The molecule has 0 aliphatic heterocycles. The summed E-state index contributed by atoms with van der Waals surface area (Å²) in [5, 5.41) is 24.9. The second-order valence-electron chi connectivity index (χ2n) is 8.23. The molecule has 0 aliphatic rings. The lowest BCUT2D eigenvalue weighted by Gasteiger charge is -2.16. The van der Waals surface area contributed by atoms with Crippen molar-refractivity contribution in [3.05, 3.63) is 65.7 Å². The maximum absolute atomic E-state index is 9.85. The smallest absolute Gasteiger partial charge is 0.123 e. The summed E-state index contributed by atoms with van der Waals surface area (Å²) in [5.41, 5.74) is 2.17. The van der Waals surface area contributed by atoms with Crippen molar-refractivity contribution in [2.75, 3.05) is 26.3 Å². The van der Waals surface area contributed by atoms with Crippen LogP contribution < -0.4 is 14.8 Å². The summed E-state index contributed by atoms with van der Waals surface area (Å²) in [6, 6.07) is 17.3. The lowest BCUT2D eigenvalue weighted by Crippen LogP contribution is -2.22. The van der Waals surface area contributed by atoms with Crippen LogP contribution in [0.4, 0.5) is 0 Å². The van der Waals surface area contributed by atoms with Gasteiger partial charge in [-0.05, 0) is 66.6 Å². The number of aromatic hydroxyl groups is 1. The van der Waals surface area contributed by atoms with Gasteiger partial charge < -0.3 is 25.0 Å². The Labute approximate surface area is 191 Å². The van der Waals surface area contributed by atoms with Crippen LogP contribution in [0.3, 0.4) is 0 Å². The number of phenolic OH excluding ortho intramolecular Hbond substituents is 1. The molecular formula is C27H35NO4. The van der Waals surface area contributed by atoms with Crippen LogP contribution in [0.15, 0.2) is 54.6 Å². The van der Waals surface area contributed by atoms with E-state index in [-0.39, 0.29) is 12.4 Å². The summed E-state index contributed by atoms with van der Waals surface area (Å²) >= 11 is 0. The average Bonchev–Trinajstić information content (AvgIpc) is 2.78. The van der Waals surface area contributed by atoms with Gasteiger partial charge in [-0.2, -0.15) is 0 Å². The average molecular weight is 438 g/mol. The van der Waals surface area contributed by atoms with Crippen LogP contribution in [0.1, 0.15) is 44.2 Å². The van der Waals surface area contributed by atoms with Crippen molar-refractivity contribution in [1.82, 2.24) is 5.32 Å². The highest BCUT2D eigenvalue weighted by Crippen LogP contribution is 2.32. The predicted molar refractivity (Wildman–Crippen MR) is 130 cm³/mol. The van der Waals surface area contributed by atoms with Crippen LogP contribution in [0.25, 0.3) is 10.8 Å². The van der Waals surface area contributed by atoms with E-state index in [1.54, 1.807) is 19.1 Å². The first-order valence-corrected chi connectivity index (χ1v) is 11.5. The Balaban J connectivity index is 1.66. The van der Waals surface area contributed by atoms with Gasteiger partial charge in [-0.1, -0.05) is 44.0 Å². The van der Waals surface area contributed by atoms with E-state index in [4.69, 9.17) is 9.47 Å². The van der Waals surface area contributed by atoms with Crippen molar-refractivity contribution in [2.24, 2.45) is 0 Å². The molecule has 0 spiro atoms. The maximum Gasteiger partial charge on any atom is 0.123 e. The van der Waals surface area contributed by atoms with Gasteiger partial charge in [0.25, 0.3) is 0 Å². The normalized spacial score (nSPS) is 12.1. The second-order valence-corrected chi connectivity index (χ2v) is 8.23. The molecule has 0 fully saturated rings. The minimum absolute atomic E-state index is 0.232. The molecule has 0 saturated carbocycles. The van der Waals surface area contributed by atoms with Crippen molar-refractivity contribution in [3.8, 4) is 17.2 Å². The number of aliphatic hydroxyl groups excluding tert-OH is 1. The van der Waals surface area contributed by atoms with E-state index in [2.05, 4.69) is 24.4 Å². The summed E-state index contributed by atoms with van der Waals surface area (Å²) in [6.07, 6.45) is 3.84. The van der Waals surface area contributed by atoms with Gasteiger partial charge in [0, 0.05) is 18.5 Å². The van der Waals surface area contributed by atoms with E-state index < -0.39 is 6.10 Å². The first-order chi connectivity index (χ1) is 15.6. The Bertz CT molecular complexity index is 969. The highest BCUT2D eigenvalue weighted by atomic mass is 16.5. The van der Waals surface area contributed by atoms with Crippen molar-refractivity contribution in [3.63, 3.8) is 0 Å². The minimum atomic E-state index is -0.545. The zero-order valence-electron chi connectivity index (χ0n) is 19.1. The molecule has 0 bridgehead atoms. The summed E-state index contributed by atoms with van der Waals surface area (Å²) in [5.74, 6) is 1.85. The molecule has 0 aromatic heterocycles. The summed E-state index contributed by atoms with van der Waals surface area (Å²) in [6.45, 7) is 6.68. The molecule has 3 N–H and O–H groups in total. The van der Waals surface area contributed by atoms with E-state index in [9.17, 15) is 10.2 Å². The number of phenols is 1.